The smallest absolute Gasteiger partial charge is 0.270 e. The lowest BCUT2D eigenvalue weighted by Gasteiger charge is -2.14. The molecule has 11 nitrogen and oxygen atoms in total. The van der Waals surface area contributed by atoms with E-state index in [1.54, 1.807) is 30.5 Å². The van der Waals surface area contributed by atoms with Gasteiger partial charge in [0.15, 0.2) is 16.3 Å². The average molecular weight is 445 g/mol. The van der Waals surface area contributed by atoms with Gasteiger partial charge in [-0.1, -0.05) is 11.2 Å². The third kappa shape index (κ3) is 3.80. The Morgan fingerprint density at radius 1 is 1.00 bits per heavy atom. The fourth-order valence-electron chi connectivity index (χ4n) is 3.04. The van der Waals surface area contributed by atoms with E-state index in [4.69, 9.17) is 18.7 Å². The van der Waals surface area contributed by atoms with Crippen molar-refractivity contribution in [3.05, 3.63) is 42.6 Å². The van der Waals surface area contributed by atoms with Crippen molar-refractivity contribution in [3.8, 4) is 17.2 Å². The highest BCUT2D eigenvalue weighted by Gasteiger charge is 2.27. The molecule has 0 spiro atoms. The first-order chi connectivity index (χ1) is 15.0. The van der Waals surface area contributed by atoms with Gasteiger partial charge in [0.05, 0.1) is 38.6 Å². The summed E-state index contributed by atoms with van der Waals surface area (Å²) in [6, 6.07) is 9.67. The fourth-order valence-corrected chi connectivity index (χ4v) is 4.37. The molecule has 0 bridgehead atoms. The molecule has 3 N–H and O–H groups in total. The van der Waals surface area contributed by atoms with E-state index in [9.17, 15) is 8.42 Å². The Bertz CT molecular complexity index is 1300. The van der Waals surface area contributed by atoms with E-state index >= 15 is 0 Å². The van der Waals surface area contributed by atoms with Crippen LogP contribution in [-0.4, -0.2) is 45.1 Å². The zero-order chi connectivity index (χ0) is 22.0. The summed E-state index contributed by atoms with van der Waals surface area (Å²) in [5.74, 6) is 1.34. The quantitative estimate of drug-likeness (QED) is 0.373. The molecule has 0 radical (unpaired) electrons. The monoisotopic (exact) mass is 445 g/mol. The molecule has 162 valence electrons. The minimum absolute atomic E-state index is 0.00523. The Hall–Kier alpha value is -3.93. The number of fused-ring (bicyclic) bond motifs is 1. The van der Waals surface area contributed by atoms with Crippen LogP contribution in [0.2, 0.25) is 0 Å². The second-order valence-corrected chi connectivity index (χ2v) is 7.89. The lowest BCUT2D eigenvalue weighted by Crippen LogP contribution is -2.15. The molecule has 2 aromatic heterocycles. The normalized spacial score (nSPS) is 11.3. The van der Waals surface area contributed by atoms with Crippen LogP contribution in [-0.2, 0) is 10.0 Å². The molecule has 12 heteroatoms. The van der Waals surface area contributed by atoms with Crippen LogP contribution in [0.15, 0.2) is 52.0 Å². The van der Waals surface area contributed by atoms with Crippen molar-refractivity contribution in [2.75, 3.05) is 31.4 Å². The van der Waals surface area contributed by atoms with Crippen LogP contribution < -0.4 is 24.2 Å². The van der Waals surface area contributed by atoms with E-state index in [0.717, 1.165) is 0 Å². The minimum Gasteiger partial charge on any atom is -0.495 e. The predicted octanol–water partition coefficient (Wildman–Crippen LogP) is 3.12. The lowest BCUT2D eigenvalue weighted by atomic mass is 10.2. The Kier molecular flexibility index (Phi) is 5.29. The number of hydrogen-bond donors (Lipinski definition) is 3. The number of ether oxygens (including phenoxy) is 3. The molecule has 4 rings (SSSR count). The molecular formula is C19H19N5O6S. The summed E-state index contributed by atoms with van der Waals surface area (Å²) in [6.07, 6.45) is 1.60. The molecule has 0 saturated heterocycles. The van der Waals surface area contributed by atoms with Crippen molar-refractivity contribution >= 4 is 38.3 Å². The zero-order valence-electron chi connectivity index (χ0n) is 16.8. The van der Waals surface area contributed by atoms with Gasteiger partial charge in [0.1, 0.15) is 23.1 Å². The van der Waals surface area contributed by atoms with Gasteiger partial charge in [-0.15, -0.1) is 0 Å². The molecule has 0 amide bonds. The Morgan fingerprint density at radius 3 is 2.32 bits per heavy atom. The maximum Gasteiger partial charge on any atom is 0.270 e. The first kappa shape index (κ1) is 20.3. The number of methoxy groups -OCH3 is 3. The minimum atomic E-state index is -4.12. The fraction of sp³-hybridized carbons (Fsp3) is 0.158. The Morgan fingerprint density at radius 2 is 1.71 bits per heavy atom. The van der Waals surface area contributed by atoms with E-state index in [1.165, 1.54) is 33.5 Å². The predicted molar refractivity (Wildman–Crippen MR) is 113 cm³/mol. The number of nitrogens with one attached hydrogen (secondary N) is 3. The highest BCUT2D eigenvalue weighted by atomic mass is 32.2. The summed E-state index contributed by atoms with van der Waals surface area (Å²) in [4.78, 5) is -0.152. The van der Waals surface area contributed by atoms with Gasteiger partial charge in [-0.25, -0.2) is 8.42 Å². The maximum absolute atomic E-state index is 13.1. The van der Waals surface area contributed by atoms with Crippen LogP contribution in [0, 0.1) is 0 Å². The number of sulfonamides is 1. The molecule has 4 aromatic rings. The third-order valence-electron chi connectivity index (χ3n) is 4.44. The Balaban J connectivity index is 1.74. The van der Waals surface area contributed by atoms with Gasteiger partial charge in [0.25, 0.3) is 10.0 Å². The van der Waals surface area contributed by atoms with Gasteiger partial charge in [-0.05, 0) is 18.2 Å². The van der Waals surface area contributed by atoms with Gasteiger partial charge in [-0.2, -0.15) is 5.10 Å². The van der Waals surface area contributed by atoms with Crippen LogP contribution in [0.5, 0.6) is 17.2 Å². The van der Waals surface area contributed by atoms with Crippen molar-refractivity contribution in [1.29, 1.82) is 0 Å². The summed E-state index contributed by atoms with van der Waals surface area (Å²) >= 11 is 0. The third-order valence-corrected chi connectivity index (χ3v) is 5.85. The maximum atomic E-state index is 13.1. The van der Waals surface area contributed by atoms with Crippen molar-refractivity contribution in [2.24, 2.45) is 0 Å². The summed E-state index contributed by atoms with van der Waals surface area (Å²) in [7, 11) is 0.120. The zero-order valence-corrected chi connectivity index (χ0v) is 17.6. The van der Waals surface area contributed by atoms with Crippen molar-refractivity contribution in [3.63, 3.8) is 0 Å². The molecule has 0 unspecified atom stereocenters. The molecule has 2 aromatic carbocycles. The number of aromatic amines is 1. The first-order valence-corrected chi connectivity index (χ1v) is 10.4. The molecule has 2 heterocycles. The van der Waals surface area contributed by atoms with E-state index < -0.39 is 10.0 Å². The largest absolute Gasteiger partial charge is 0.495 e. The number of nitrogens with zero attached hydrogens (tertiary/aromatic N) is 2. The molecule has 31 heavy (non-hydrogen) atoms. The van der Waals surface area contributed by atoms with Crippen LogP contribution in [0.25, 0.3) is 11.0 Å². The van der Waals surface area contributed by atoms with E-state index in [1.807, 2.05) is 0 Å². The van der Waals surface area contributed by atoms with Crippen molar-refractivity contribution < 1.29 is 27.2 Å². The number of rotatable bonds is 8. The molecule has 0 fully saturated rings. The number of H-pyrrole nitrogens is 1. The van der Waals surface area contributed by atoms with E-state index in [-0.39, 0.29) is 22.2 Å². The van der Waals surface area contributed by atoms with Crippen LogP contribution in [0.1, 0.15) is 0 Å². The van der Waals surface area contributed by atoms with Crippen LogP contribution in [0.4, 0.5) is 17.3 Å². The SMILES string of the molecule is COc1cc2c(NS(=O)(=O)c3c(OC)cccc3OC)noc2cc1Nc1ccn[nH]1. The standard InChI is InChI=1S/C19H19N5O6S/c1-27-13-5-4-6-14(28-2)18(13)31(25,26)24-19-11-9-16(29-3)12(10-15(11)30-23-19)21-17-7-8-20-22-17/h4-10H,1-3H3,(H,23,24)(H2,20,21,22). The summed E-state index contributed by atoms with van der Waals surface area (Å²) in [5.41, 5.74) is 0.920. The van der Waals surface area contributed by atoms with E-state index in [0.29, 0.717) is 28.2 Å². The molecule has 0 aliphatic carbocycles. The Labute approximate surface area is 177 Å². The van der Waals surface area contributed by atoms with Gasteiger partial charge in [0.2, 0.25) is 0 Å². The topological polar surface area (TPSA) is 141 Å². The van der Waals surface area contributed by atoms with E-state index in [2.05, 4.69) is 25.4 Å². The molecular weight excluding hydrogens is 426 g/mol. The van der Waals surface area contributed by atoms with Crippen LogP contribution >= 0.6 is 0 Å². The summed E-state index contributed by atoms with van der Waals surface area (Å²) in [6.45, 7) is 0. The van der Waals surface area contributed by atoms with Gasteiger partial charge in [0, 0.05) is 12.1 Å². The number of aromatic nitrogens is 3. The summed E-state index contributed by atoms with van der Waals surface area (Å²) < 4.78 is 49.9. The first-order valence-electron chi connectivity index (χ1n) is 8.94. The lowest BCUT2D eigenvalue weighted by molar-refractivity contribution is 0.373. The second-order valence-electron chi connectivity index (χ2n) is 6.27. The highest BCUT2D eigenvalue weighted by molar-refractivity contribution is 7.93. The molecule has 0 aliphatic rings. The molecule has 0 saturated carbocycles. The van der Waals surface area contributed by atoms with Crippen molar-refractivity contribution in [2.45, 2.75) is 4.90 Å². The second kappa shape index (κ2) is 8.07. The highest BCUT2D eigenvalue weighted by Crippen LogP contribution is 2.38. The number of anilines is 3. The van der Waals surface area contributed by atoms with Gasteiger partial charge < -0.3 is 24.1 Å². The van der Waals surface area contributed by atoms with Crippen LogP contribution in [0.3, 0.4) is 0 Å². The number of benzene rings is 2. The van der Waals surface area contributed by atoms with Gasteiger partial charge >= 0.3 is 0 Å². The van der Waals surface area contributed by atoms with Gasteiger partial charge in [-0.3, -0.25) is 9.82 Å². The molecule has 0 aliphatic heterocycles. The van der Waals surface area contributed by atoms with Crippen molar-refractivity contribution in [1.82, 2.24) is 15.4 Å². The average Bonchev–Trinajstić information content (AvgIpc) is 3.42. The summed E-state index contributed by atoms with van der Waals surface area (Å²) in [5, 5.41) is 14.1. The molecule has 0 atom stereocenters. The number of hydrogen-bond acceptors (Lipinski definition) is 9.